The van der Waals surface area contributed by atoms with Crippen molar-refractivity contribution >= 4 is 5.97 Å². The lowest BCUT2D eigenvalue weighted by molar-refractivity contribution is -0.307. The number of nitrogens with zero attached hydrogens (tertiary/aromatic N) is 1. The maximum Gasteiger partial charge on any atom is 0.198 e. The molecule has 0 aliphatic heterocycles. The van der Waals surface area contributed by atoms with Crippen molar-refractivity contribution in [2.45, 2.75) is 37.5 Å². The maximum absolute atomic E-state index is 10.7. The first kappa shape index (κ1) is 22.0. The second kappa shape index (κ2) is 9.96. The van der Waals surface area contributed by atoms with Gasteiger partial charge in [-0.05, 0) is 42.9 Å². The second-order valence-electron chi connectivity index (χ2n) is 8.76. The molecule has 0 saturated heterocycles. The topological polar surface area (TPSA) is 75.4 Å². The van der Waals surface area contributed by atoms with Crippen molar-refractivity contribution in [2.75, 3.05) is 6.61 Å². The molecule has 0 N–H and O–H groups in total. The highest BCUT2D eigenvalue weighted by molar-refractivity contribution is 5.76. The Kier molecular flexibility index (Phi) is 6.43. The average Bonchev–Trinajstić information content (AvgIpc) is 3.35. The molecule has 1 heterocycles. The molecule has 1 saturated carbocycles. The molecule has 5 nitrogen and oxygen atoms in total. The molecular weight excluding hydrogens is 426 g/mol. The van der Waals surface area contributed by atoms with Crippen molar-refractivity contribution in [1.82, 2.24) is 4.98 Å². The summed E-state index contributed by atoms with van der Waals surface area (Å²) in [5.74, 6) is 1.46. The number of hydrogen-bond donors (Lipinski definition) is 0. The summed E-state index contributed by atoms with van der Waals surface area (Å²) in [6, 6.07) is 28.0. The van der Waals surface area contributed by atoms with E-state index in [9.17, 15) is 9.90 Å². The van der Waals surface area contributed by atoms with Crippen LogP contribution in [0.5, 0.6) is 5.75 Å². The molecule has 0 spiro atoms. The molecule has 0 radical (unpaired) electrons. The Balaban J connectivity index is 1.42. The largest absolute Gasteiger partial charge is 0.546 e. The summed E-state index contributed by atoms with van der Waals surface area (Å²) in [7, 11) is 0. The molecule has 5 heteroatoms. The predicted molar refractivity (Wildman–Crippen MR) is 128 cm³/mol. The van der Waals surface area contributed by atoms with E-state index >= 15 is 0 Å². The summed E-state index contributed by atoms with van der Waals surface area (Å²) in [6.45, 7) is -0.447. The molecule has 2 unspecified atom stereocenters. The third kappa shape index (κ3) is 4.88. The fraction of sp³-hybridized carbons (Fsp3) is 0.241. The van der Waals surface area contributed by atoms with Crippen molar-refractivity contribution in [1.29, 1.82) is 0 Å². The van der Waals surface area contributed by atoms with E-state index in [0.717, 1.165) is 59.7 Å². The molecule has 3 aromatic carbocycles. The van der Waals surface area contributed by atoms with Gasteiger partial charge in [0, 0.05) is 17.0 Å². The van der Waals surface area contributed by atoms with Crippen LogP contribution in [-0.2, 0) is 4.79 Å². The molecule has 0 bridgehead atoms. The van der Waals surface area contributed by atoms with Crippen LogP contribution < -0.4 is 9.84 Å². The van der Waals surface area contributed by atoms with Gasteiger partial charge in [-0.3, -0.25) is 0 Å². The van der Waals surface area contributed by atoms with Crippen molar-refractivity contribution in [3.63, 3.8) is 0 Å². The monoisotopic (exact) mass is 452 g/mol. The number of benzene rings is 3. The van der Waals surface area contributed by atoms with Crippen molar-refractivity contribution in [3.05, 3.63) is 96.4 Å². The molecule has 2 atom stereocenters. The fourth-order valence-corrected chi connectivity index (χ4v) is 4.81. The molecule has 0 amide bonds. The Bertz CT molecular complexity index is 1190. The number of aromatic nitrogens is 1. The molecule has 4 aromatic rings. The quantitative estimate of drug-likeness (QED) is 0.366. The number of rotatable bonds is 7. The highest BCUT2D eigenvalue weighted by Gasteiger charge is 2.29. The third-order valence-electron chi connectivity index (χ3n) is 6.44. The van der Waals surface area contributed by atoms with Crippen LogP contribution in [0.2, 0.25) is 0 Å². The van der Waals surface area contributed by atoms with Gasteiger partial charge in [0.1, 0.15) is 18.1 Å². The summed E-state index contributed by atoms with van der Waals surface area (Å²) in [4.78, 5) is 15.8. The number of oxazole rings is 1. The van der Waals surface area contributed by atoms with Crippen LogP contribution in [-0.4, -0.2) is 17.6 Å². The van der Waals surface area contributed by atoms with Crippen LogP contribution in [0.15, 0.2) is 89.3 Å². The van der Waals surface area contributed by atoms with Crippen LogP contribution in [0.25, 0.3) is 22.6 Å². The Morgan fingerprint density at radius 1 is 0.912 bits per heavy atom. The molecule has 1 aromatic heterocycles. The van der Waals surface area contributed by atoms with E-state index in [1.807, 2.05) is 48.5 Å². The number of carbonyl (C=O) groups is 1. The Labute approximate surface area is 199 Å². The predicted octanol–water partition coefficient (Wildman–Crippen LogP) is 5.58. The first-order chi connectivity index (χ1) is 16.7. The van der Waals surface area contributed by atoms with Crippen molar-refractivity contribution in [3.8, 4) is 28.3 Å². The number of carboxylic acids is 1. The Morgan fingerprint density at radius 3 is 2.35 bits per heavy atom. The summed E-state index contributed by atoms with van der Waals surface area (Å²) >= 11 is 0. The lowest BCUT2D eigenvalue weighted by Gasteiger charge is -2.28. The van der Waals surface area contributed by atoms with Gasteiger partial charge in [-0.25, -0.2) is 4.98 Å². The fourth-order valence-electron chi connectivity index (χ4n) is 4.81. The summed E-state index contributed by atoms with van der Waals surface area (Å²) in [6.07, 6.45) is 4.09. The van der Waals surface area contributed by atoms with E-state index in [1.165, 1.54) is 0 Å². The van der Waals surface area contributed by atoms with Gasteiger partial charge in [0.05, 0.1) is 5.97 Å². The van der Waals surface area contributed by atoms with Crippen molar-refractivity contribution < 1.29 is 19.1 Å². The molecule has 172 valence electrons. The van der Waals surface area contributed by atoms with Gasteiger partial charge in [0.25, 0.3) is 0 Å². The molecule has 5 rings (SSSR count). The Hall–Kier alpha value is -3.86. The van der Waals surface area contributed by atoms with E-state index in [4.69, 9.17) is 14.1 Å². The first-order valence-corrected chi connectivity index (χ1v) is 11.7. The van der Waals surface area contributed by atoms with Crippen LogP contribution in [0.3, 0.4) is 0 Å². The van der Waals surface area contributed by atoms with E-state index in [2.05, 4.69) is 30.3 Å². The number of hydrogen-bond acceptors (Lipinski definition) is 5. The number of aliphatic carboxylic acids is 1. The molecule has 1 fully saturated rings. The molecule has 1 aliphatic carbocycles. The van der Waals surface area contributed by atoms with Crippen LogP contribution in [0.4, 0.5) is 0 Å². The zero-order chi connectivity index (χ0) is 23.3. The van der Waals surface area contributed by atoms with Gasteiger partial charge in [0.15, 0.2) is 11.7 Å². The standard InChI is InChI=1S/C29H27NO4/c31-26(32)19-33-25-16-8-14-23(18-25)22-13-7-15-24(17-22)29-30-27(20-9-3-1-4-10-20)28(34-29)21-11-5-2-6-12-21/h1-6,8-12,14,16,18,22,24H,7,13,15,17,19H2,(H,31,32)/p-1. The minimum Gasteiger partial charge on any atom is -0.546 e. The highest BCUT2D eigenvalue weighted by atomic mass is 16.5. The molecule has 1 aliphatic rings. The maximum atomic E-state index is 10.7. The van der Waals surface area contributed by atoms with Gasteiger partial charge in [-0.2, -0.15) is 0 Å². The second-order valence-corrected chi connectivity index (χ2v) is 8.76. The van der Waals surface area contributed by atoms with Gasteiger partial charge >= 0.3 is 0 Å². The van der Waals surface area contributed by atoms with Crippen LogP contribution in [0.1, 0.15) is 49.0 Å². The lowest BCUT2D eigenvalue weighted by Crippen LogP contribution is -2.28. The summed E-state index contributed by atoms with van der Waals surface area (Å²) in [5, 5.41) is 10.7. The molecular formula is C29H26NO4-. The number of ether oxygens (including phenoxy) is 1. The Morgan fingerprint density at radius 2 is 1.62 bits per heavy atom. The average molecular weight is 453 g/mol. The van der Waals surface area contributed by atoms with Gasteiger partial charge in [-0.15, -0.1) is 0 Å². The van der Waals surface area contributed by atoms with E-state index in [0.29, 0.717) is 11.7 Å². The minimum absolute atomic E-state index is 0.214. The van der Waals surface area contributed by atoms with Gasteiger partial charge < -0.3 is 19.1 Å². The lowest BCUT2D eigenvalue weighted by atomic mass is 9.78. The van der Waals surface area contributed by atoms with E-state index in [-0.39, 0.29) is 5.92 Å². The number of carboxylic acid groups (broad SMARTS) is 1. The first-order valence-electron chi connectivity index (χ1n) is 11.7. The third-order valence-corrected chi connectivity index (χ3v) is 6.44. The highest BCUT2D eigenvalue weighted by Crippen LogP contribution is 2.44. The van der Waals surface area contributed by atoms with Gasteiger partial charge in [-0.1, -0.05) is 79.2 Å². The van der Waals surface area contributed by atoms with Gasteiger partial charge in [0.2, 0.25) is 0 Å². The minimum atomic E-state index is -1.23. The summed E-state index contributed by atoms with van der Waals surface area (Å²) < 4.78 is 11.8. The smallest absolute Gasteiger partial charge is 0.198 e. The zero-order valence-corrected chi connectivity index (χ0v) is 18.9. The normalized spacial score (nSPS) is 17.9. The molecule has 34 heavy (non-hydrogen) atoms. The van der Waals surface area contributed by atoms with Crippen molar-refractivity contribution in [2.24, 2.45) is 0 Å². The number of carbonyl (C=O) groups excluding carboxylic acids is 1. The van der Waals surface area contributed by atoms with E-state index in [1.54, 1.807) is 6.07 Å². The SMILES string of the molecule is O=C([O-])COc1cccc(C2CCCC(c3nc(-c4ccccc4)c(-c4ccccc4)o3)C2)c1. The van der Waals surface area contributed by atoms with Crippen LogP contribution in [0, 0.1) is 0 Å². The zero-order valence-electron chi connectivity index (χ0n) is 18.9. The van der Waals surface area contributed by atoms with Crippen LogP contribution >= 0.6 is 0 Å². The summed E-state index contributed by atoms with van der Waals surface area (Å²) in [5.41, 5.74) is 4.09. The van der Waals surface area contributed by atoms with E-state index < -0.39 is 12.6 Å².